The van der Waals surface area contributed by atoms with Crippen LogP contribution in [0.4, 0.5) is 0 Å². The van der Waals surface area contributed by atoms with Crippen LogP contribution < -0.4 is 5.32 Å². The van der Waals surface area contributed by atoms with Gasteiger partial charge >= 0.3 is 5.97 Å². The van der Waals surface area contributed by atoms with Gasteiger partial charge in [0.2, 0.25) is 5.91 Å². The molecule has 7 unspecified atom stereocenters. The van der Waals surface area contributed by atoms with Gasteiger partial charge in [0.05, 0.1) is 32.0 Å². The number of hydrogen-bond donors (Lipinski definition) is 6. The number of nitrogens with one attached hydrogen (secondary N) is 1. The van der Waals surface area contributed by atoms with E-state index in [1.807, 2.05) is 6.08 Å². The van der Waals surface area contributed by atoms with Gasteiger partial charge in [-0.15, -0.1) is 0 Å². The summed E-state index contributed by atoms with van der Waals surface area (Å²) in [6.07, 6.45) is 64.8. The van der Waals surface area contributed by atoms with Crippen molar-refractivity contribution in [2.24, 2.45) is 0 Å². The molecule has 478 valence electrons. The van der Waals surface area contributed by atoms with Gasteiger partial charge in [-0.2, -0.15) is 0 Å². The maximum absolute atomic E-state index is 13.0. The zero-order chi connectivity index (χ0) is 58.7. The van der Waals surface area contributed by atoms with Crippen molar-refractivity contribution in [2.45, 2.75) is 391 Å². The van der Waals surface area contributed by atoms with Crippen molar-refractivity contribution in [1.29, 1.82) is 0 Å². The second kappa shape index (κ2) is 59.9. The third-order valence-electron chi connectivity index (χ3n) is 16.8. The Bertz CT molecular complexity index is 1390. The highest BCUT2D eigenvalue weighted by Crippen LogP contribution is 2.23. The van der Waals surface area contributed by atoms with E-state index >= 15 is 0 Å². The minimum atomic E-state index is -1.57. The first kappa shape index (κ1) is 77.2. The number of carbonyl (C=O) groups is 2. The standard InChI is InChI=1S/C70H133NO10/c1-3-5-7-9-11-13-14-34-38-42-46-50-54-58-66(75)79-59-55-51-47-43-39-36-33-31-29-27-25-23-21-19-17-15-16-18-20-22-24-26-28-30-32-35-37-41-45-49-53-57-65(74)71-62(63(73)56-52-48-44-40-12-10-8-6-4-2)61-80-70-69(78)68(77)67(76)64(60-72)81-70/h13-14,52,56,62-64,67-70,72-73,76-78H,3-12,15-51,53-55,57-61H2,1-2H3,(H,71,74)/b14-13-,56-52+. The average molecular weight is 1150 g/mol. The lowest BCUT2D eigenvalue weighted by Crippen LogP contribution is -2.60. The first-order chi connectivity index (χ1) is 39.7. The predicted octanol–water partition coefficient (Wildman–Crippen LogP) is 17.6. The minimum Gasteiger partial charge on any atom is -0.466 e. The molecule has 81 heavy (non-hydrogen) atoms. The molecule has 0 radical (unpaired) electrons. The van der Waals surface area contributed by atoms with Crippen LogP contribution in [0.1, 0.15) is 348 Å². The van der Waals surface area contributed by atoms with E-state index in [9.17, 15) is 35.1 Å². The fraction of sp³-hybridized carbons (Fsp3) is 0.914. The summed E-state index contributed by atoms with van der Waals surface area (Å²) in [4.78, 5) is 25.1. The minimum absolute atomic E-state index is 0.00381. The first-order valence-electron chi connectivity index (χ1n) is 35.1. The molecule has 0 aliphatic carbocycles. The van der Waals surface area contributed by atoms with Gasteiger partial charge in [0.25, 0.3) is 0 Å². The molecule has 0 aromatic heterocycles. The Morgan fingerprint density at radius 2 is 0.790 bits per heavy atom. The number of allylic oxidation sites excluding steroid dienone is 3. The molecule has 1 fully saturated rings. The summed E-state index contributed by atoms with van der Waals surface area (Å²) in [7, 11) is 0. The SMILES string of the molecule is CCCCCC/C=C\CCCCCCCC(=O)OCCCCCCCCCCCCCCCCCCCCCCCCCCCCCCCCCC(=O)NC(COC1OC(CO)C(O)C(O)C1O)C(O)/C=C/CCCCCCCCC. The van der Waals surface area contributed by atoms with E-state index in [-0.39, 0.29) is 18.5 Å². The molecule has 0 spiro atoms. The van der Waals surface area contributed by atoms with Crippen molar-refractivity contribution in [3.05, 3.63) is 24.3 Å². The quantitative estimate of drug-likeness (QED) is 0.0195. The van der Waals surface area contributed by atoms with Crippen LogP contribution in [0.2, 0.25) is 0 Å². The number of hydrogen-bond acceptors (Lipinski definition) is 10. The van der Waals surface area contributed by atoms with Crippen LogP contribution in [0.15, 0.2) is 24.3 Å². The normalized spacial score (nSPS) is 18.3. The number of aliphatic hydroxyl groups excluding tert-OH is 5. The van der Waals surface area contributed by atoms with Gasteiger partial charge in [-0.1, -0.05) is 301 Å². The molecule has 1 aliphatic rings. The molecule has 11 nitrogen and oxygen atoms in total. The second-order valence-corrected chi connectivity index (χ2v) is 24.6. The molecule has 7 atom stereocenters. The Morgan fingerprint density at radius 3 is 1.20 bits per heavy atom. The molecule has 1 amide bonds. The molecule has 1 saturated heterocycles. The summed E-state index contributed by atoms with van der Waals surface area (Å²) in [5.74, 6) is -0.174. The van der Waals surface area contributed by atoms with Gasteiger partial charge in [0, 0.05) is 12.8 Å². The third kappa shape index (κ3) is 49.0. The zero-order valence-corrected chi connectivity index (χ0v) is 53.0. The van der Waals surface area contributed by atoms with E-state index in [1.165, 1.54) is 263 Å². The summed E-state index contributed by atoms with van der Waals surface area (Å²) < 4.78 is 16.7. The molecule has 0 saturated carbocycles. The lowest BCUT2D eigenvalue weighted by atomic mass is 9.99. The largest absolute Gasteiger partial charge is 0.466 e. The Labute approximate surface area is 499 Å². The van der Waals surface area contributed by atoms with Crippen molar-refractivity contribution >= 4 is 11.9 Å². The highest BCUT2D eigenvalue weighted by atomic mass is 16.7. The van der Waals surface area contributed by atoms with E-state index in [0.717, 1.165) is 57.8 Å². The Morgan fingerprint density at radius 1 is 0.444 bits per heavy atom. The molecule has 1 heterocycles. The number of esters is 1. The van der Waals surface area contributed by atoms with Gasteiger partial charge in [-0.05, 0) is 57.8 Å². The number of aliphatic hydroxyl groups is 5. The molecule has 0 aromatic carbocycles. The van der Waals surface area contributed by atoms with Crippen LogP contribution in [-0.2, 0) is 23.8 Å². The number of rotatable bonds is 62. The summed E-state index contributed by atoms with van der Waals surface area (Å²) in [5, 5.41) is 54.3. The molecule has 0 bridgehead atoms. The van der Waals surface area contributed by atoms with Crippen LogP contribution in [0.25, 0.3) is 0 Å². The van der Waals surface area contributed by atoms with Gasteiger partial charge in [0.15, 0.2) is 6.29 Å². The van der Waals surface area contributed by atoms with E-state index in [2.05, 4.69) is 31.3 Å². The van der Waals surface area contributed by atoms with Gasteiger partial charge < -0.3 is 45.1 Å². The molecular formula is C70H133NO10. The van der Waals surface area contributed by atoms with E-state index in [1.54, 1.807) is 6.08 Å². The number of carbonyl (C=O) groups excluding carboxylic acids is 2. The van der Waals surface area contributed by atoms with Crippen molar-refractivity contribution < 1.29 is 49.3 Å². The summed E-state index contributed by atoms with van der Waals surface area (Å²) >= 11 is 0. The Balaban J connectivity index is 1.90. The zero-order valence-electron chi connectivity index (χ0n) is 53.0. The van der Waals surface area contributed by atoms with Crippen molar-refractivity contribution in [2.75, 3.05) is 19.8 Å². The predicted molar refractivity (Wildman–Crippen MR) is 338 cm³/mol. The molecule has 1 rings (SSSR count). The lowest BCUT2D eigenvalue weighted by Gasteiger charge is -2.40. The topological polar surface area (TPSA) is 175 Å². The van der Waals surface area contributed by atoms with Gasteiger partial charge in [-0.3, -0.25) is 9.59 Å². The van der Waals surface area contributed by atoms with Crippen molar-refractivity contribution in [1.82, 2.24) is 5.32 Å². The second-order valence-electron chi connectivity index (χ2n) is 24.6. The number of unbranched alkanes of at least 4 members (excludes halogenated alkanes) is 46. The first-order valence-corrected chi connectivity index (χ1v) is 35.1. The third-order valence-corrected chi connectivity index (χ3v) is 16.8. The Hall–Kier alpha value is -1.86. The summed E-state index contributed by atoms with van der Waals surface area (Å²) in [6, 6.07) is -0.805. The van der Waals surface area contributed by atoms with Crippen LogP contribution in [0.3, 0.4) is 0 Å². The monoisotopic (exact) mass is 1150 g/mol. The Kier molecular flexibility index (Phi) is 57.0. The van der Waals surface area contributed by atoms with E-state index in [4.69, 9.17) is 14.2 Å². The van der Waals surface area contributed by atoms with Crippen molar-refractivity contribution in [3.8, 4) is 0 Å². The molecule has 6 N–H and O–H groups in total. The lowest BCUT2D eigenvalue weighted by molar-refractivity contribution is -0.302. The molecular weight excluding hydrogens is 1010 g/mol. The smallest absolute Gasteiger partial charge is 0.305 e. The molecule has 1 aliphatic heterocycles. The van der Waals surface area contributed by atoms with Crippen LogP contribution in [-0.4, -0.2) is 100 Å². The maximum Gasteiger partial charge on any atom is 0.305 e. The van der Waals surface area contributed by atoms with E-state index < -0.39 is 49.5 Å². The highest BCUT2D eigenvalue weighted by molar-refractivity contribution is 5.76. The maximum atomic E-state index is 13.0. The van der Waals surface area contributed by atoms with Crippen molar-refractivity contribution in [3.63, 3.8) is 0 Å². The number of ether oxygens (including phenoxy) is 3. The van der Waals surface area contributed by atoms with Crippen LogP contribution in [0, 0.1) is 0 Å². The molecule has 11 heteroatoms. The molecule has 0 aromatic rings. The number of amides is 1. The summed E-state index contributed by atoms with van der Waals surface area (Å²) in [6.45, 7) is 4.33. The van der Waals surface area contributed by atoms with Crippen LogP contribution in [0.5, 0.6) is 0 Å². The summed E-state index contributed by atoms with van der Waals surface area (Å²) in [5.41, 5.74) is 0. The van der Waals surface area contributed by atoms with Crippen LogP contribution >= 0.6 is 0 Å². The average Bonchev–Trinajstić information content (AvgIpc) is 3.51. The van der Waals surface area contributed by atoms with E-state index in [0.29, 0.717) is 19.4 Å². The van der Waals surface area contributed by atoms with Gasteiger partial charge in [-0.25, -0.2) is 0 Å². The van der Waals surface area contributed by atoms with Gasteiger partial charge in [0.1, 0.15) is 24.4 Å². The fourth-order valence-corrected chi connectivity index (χ4v) is 11.3. The highest BCUT2D eigenvalue weighted by Gasteiger charge is 2.44. The fourth-order valence-electron chi connectivity index (χ4n) is 11.3.